The van der Waals surface area contributed by atoms with Crippen LogP contribution in [0.1, 0.15) is 32.6 Å². The predicted octanol–water partition coefficient (Wildman–Crippen LogP) is 4.53. The molecule has 3 aromatic rings. The molecule has 3 aromatic carbocycles. The van der Waals surface area contributed by atoms with Gasteiger partial charge in [-0.1, -0.05) is 59.7 Å². The molecule has 0 heterocycles. The average Bonchev–Trinajstić information content (AvgIpc) is 2.74. The second-order valence-electron chi connectivity index (χ2n) is 7.10. The molecule has 0 unspecified atom stereocenters. The highest BCUT2D eigenvalue weighted by Crippen LogP contribution is 2.10. The minimum Gasteiger partial charge on any atom is -0.347 e. The van der Waals surface area contributed by atoms with Gasteiger partial charge in [0.05, 0.1) is 0 Å². The second kappa shape index (κ2) is 9.65. The lowest BCUT2D eigenvalue weighted by molar-refractivity contribution is -0.117. The van der Waals surface area contributed by atoms with Crippen molar-refractivity contribution in [3.63, 3.8) is 0 Å². The molecule has 0 saturated carbocycles. The van der Waals surface area contributed by atoms with Gasteiger partial charge >= 0.3 is 0 Å². The maximum absolute atomic E-state index is 13.2. The van der Waals surface area contributed by atoms with Crippen LogP contribution in [0.2, 0.25) is 0 Å². The molecule has 0 bridgehead atoms. The van der Waals surface area contributed by atoms with Crippen molar-refractivity contribution in [1.29, 1.82) is 0 Å². The molecule has 0 aliphatic carbocycles. The van der Waals surface area contributed by atoms with Gasteiger partial charge in [0.15, 0.2) is 0 Å². The Kier molecular flexibility index (Phi) is 6.75. The Balaban J connectivity index is 1.79. The van der Waals surface area contributed by atoms with Gasteiger partial charge in [0, 0.05) is 12.1 Å². The van der Waals surface area contributed by atoms with Gasteiger partial charge in [-0.3, -0.25) is 9.59 Å². The van der Waals surface area contributed by atoms with Crippen molar-refractivity contribution in [3.8, 4) is 0 Å². The van der Waals surface area contributed by atoms with Crippen molar-refractivity contribution in [1.82, 2.24) is 10.6 Å². The Labute approximate surface area is 175 Å². The molecule has 2 amide bonds. The summed E-state index contributed by atoms with van der Waals surface area (Å²) < 4.78 is 13.2. The fraction of sp³-hybridized carbons (Fsp3) is 0.120. The Morgan fingerprint density at radius 3 is 2.00 bits per heavy atom. The van der Waals surface area contributed by atoms with Crippen molar-refractivity contribution in [3.05, 3.63) is 112 Å². The minimum atomic E-state index is -0.430. The third-order valence-corrected chi connectivity index (χ3v) is 4.56. The summed E-state index contributed by atoms with van der Waals surface area (Å²) in [5, 5.41) is 5.50. The van der Waals surface area contributed by atoms with E-state index < -0.39 is 11.8 Å². The molecule has 4 nitrogen and oxygen atoms in total. The predicted molar refractivity (Wildman–Crippen MR) is 116 cm³/mol. The Morgan fingerprint density at radius 2 is 1.40 bits per heavy atom. The lowest BCUT2D eigenvalue weighted by atomic mass is 10.1. The summed E-state index contributed by atoms with van der Waals surface area (Å²) in [6.45, 7) is 4.24. The smallest absolute Gasteiger partial charge is 0.268 e. The van der Waals surface area contributed by atoms with E-state index in [1.807, 2.05) is 50.2 Å². The fourth-order valence-corrected chi connectivity index (χ4v) is 2.77. The summed E-state index contributed by atoms with van der Waals surface area (Å²) in [5.41, 5.74) is 4.23. The molecule has 0 fully saturated rings. The standard InChI is InChI=1S/C25H23FN2O2/c1-17-3-7-20(8-4-17)16-27-25(30)23(15-19-9-13-22(26)14-10-19)28-24(29)21-11-5-18(2)6-12-21/h3-15H,16H2,1-2H3,(H,27,30)(H,28,29)/b23-15-. The molecule has 5 heteroatoms. The van der Waals surface area contributed by atoms with E-state index in [9.17, 15) is 14.0 Å². The van der Waals surface area contributed by atoms with Crippen molar-refractivity contribution >= 4 is 17.9 Å². The maximum atomic E-state index is 13.2. The van der Waals surface area contributed by atoms with Crippen LogP contribution in [0.25, 0.3) is 6.08 Å². The molecule has 152 valence electrons. The molecule has 0 aliphatic rings. The van der Waals surface area contributed by atoms with Gasteiger partial charge in [-0.25, -0.2) is 4.39 Å². The summed E-state index contributed by atoms with van der Waals surface area (Å²) >= 11 is 0. The molecule has 0 saturated heterocycles. The first-order chi connectivity index (χ1) is 14.4. The third kappa shape index (κ3) is 5.88. The molecule has 0 aliphatic heterocycles. The number of benzene rings is 3. The number of hydrogen-bond donors (Lipinski definition) is 2. The molecule has 2 N–H and O–H groups in total. The highest BCUT2D eigenvalue weighted by atomic mass is 19.1. The molecule has 0 radical (unpaired) electrons. The van der Waals surface area contributed by atoms with E-state index in [1.165, 1.54) is 18.2 Å². The van der Waals surface area contributed by atoms with Crippen molar-refractivity contribution < 1.29 is 14.0 Å². The molecular weight excluding hydrogens is 379 g/mol. The van der Waals surface area contributed by atoms with Crippen LogP contribution in [0.15, 0.2) is 78.5 Å². The van der Waals surface area contributed by atoms with Crippen LogP contribution in [0.3, 0.4) is 0 Å². The number of aryl methyl sites for hydroxylation is 2. The summed E-state index contributed by atoms with van der Waals surface area (Å²) in [4.78, 5) is 25.4. The van der Waals surface area contributed by atoms with E-state index in [0.717, 1.165) is 16.7 Å². The van der Waals surface area contributed by atoms with E-state index in [2.05, 4.69) is 10.6 Å². The van der Waals surface area contributed by atoms with Crippen LogP contribution in [0.5, 0.6) is 0 Å². The lowest BCUT2D eigenvalue weighted by Gasteiger charge is -2.12. The fourth-order valence-electron chi connectivity index (χ4n) is 2.77. The van der Waals surface area contributed by atoms with E-state index in [0.29, 0.717) is 17.7 Å². The van der Waals surface area contributed by atoms with Gasteiger partial charge in [-0.05, 0) is 55.3 Å². The second-order valence-corrected chi connectivity index (χ2v) is 7.10. The van der Waals surface area contributed by atoms with Crippen molar-refractivity contribution in [2.45, 2.75) is 20.4 Å². The Hall–Kier alpha value is -3.73. The van der Waals surface area contributed by atoms with E-state index in [-0.39, 0.29) is 11.5 Å². The average molecular weight is 402 g/mol. The van der Waals surface area contributed by atoms with E-state index in [1.54, 1.807) is 24.3 Å². The molecular formula is C25H23FN2O2. The monoisotopic (exact) mass is 402 g/mol. The maximum Gasteiger partial charge on any atom is 0.268 e. The molecule has 30 heavy (non-hydrogen) atoms. The molecule has 3 rings (SSSR count). The minimum absolute atomic E-state index is 0.0827. The van der Waals surface area contributed by atoms with Crippen LogP contribution >= 0.6 is 0 Å². The number of nitrogens with one attached hydrogen (secondary N) is 2. The van der Waals surface area contributed by atoms with Gasteiger partial charge in [0.25, 0.3) is 11.8 Å². The number of hydrogen-bond acceptors (Lipinski definition) is 2. The summed E-state index contributed by atoms with van der Waals surface area (Å²) in [6.07, 6.45) is 1.52. The first-order valence-electron chi connectivity index (χ1n) is 9.60. The largest absolute Gasteiger partial charge is 0.347 e. The summed E-state index contributed by atoms with van der Waals surface area (Å²) in [7, 11) is 0. The summed E-state index contributed by atoms with van der Waals surface area (Å²) in [5.74, 6) is -1.20. The number of halogens is 1. The highest BCUT2D eigenvalue weighted by molar-refractivity contribution is 6.05. The summed E-state index contributed by atoms with van der Waals surface area (Å²) in [6, 6.07) is 20.5. The number of carbonyl (C=O) groups excluding carboxylic acids is 2. The van der Waals surface area contributed by atoms with Crippen LogP contribution in [0, 0.1) is 19.7 Å². The van der Waals surface area contributed by atoms with Crippen LogP contribution < -0.4 is 10.6 Å². The zero-order valence-electron chi connectivity index (χ0n) is 16.9. The van der Waals surface area contributed by atoms with Crippen LogP contribution in [-0.2, 0) is 11.3 Å². The first kappa shape index (κ1) is 21.0. The lowest BCUT2D eigenvalue weighted by Crippen LogP contribution is -2.34. The number of carbonyl (C=O) groups is 2. The highest BCUT2D eigenvalue weighted by Gasteiger charge is 2.14. The van der Waals surface area contributed by atoms with Gasteiger partial charge < -0.3 is 10.6 Å². The zero-order chi connectivity index (χ0) is 21.5. The van der Waals surface area contributed by atoms with Crippen LogP contribution in [0.4, 0.5) is 4.39 Å². The zero-order valence-corrected chi connectivity index (χ0v) is 16.9. The van der Waals surface area contributed by atoms with Gasteiger partial charge in [-0.2, -0.15) is 0 Å². The SMILES string of the molecule is Cc1ccc(CNC(=O)/C(=C/c2ccc(F)cc2)NC(=O)c2ccc(C)cc2)cc1. The first-order valence-corrected chi connectivity index (χ1v) is 9.60. The molecule has 0 atom stereocenters. The normalized spacial score (nSPS) is 11.1. The number of rotatable bonds is 6. The van der Waals surface area contributed by atoms with Gasteiger partial charge in [-0.15, -0.1) is 0 Å². The van der Waals surface area contributed by atoms with Crippen LogP contribution in [-0.4, -0.2) is 11.8 Å². The third-order valence-electron chi connectivity index (χ3n) is 4.56. The van der Waals surface area contributed by atoms with Crippen molar-refractivity contribution in [2.75, 3.05) is 0 Å². The topological polar surface area (TPSA) is 58.2 Å². The quantitative estimate of drug-likeness (QED) is 0.595. The van der Waals surface area contributed by atoms with Gasteiger partial charge in [0.2, 0.25) is 0 Å². The molecule has 0 aromatic heterocycles. The van der Waals surface area contributed by atoms with Crippen molar-refractivity contribution in [2.24, 2.45) is 0 Å². The van der Waals surface area contributed by atoms with Gasteiger partial charge in [0.1, 0.15) is 11.5 Å². The Bertz CT molecular complexity index is 1050. The number of amides is 2. The Morgan fingerprint density at radius 1 is 0.833 bits per heavy atom. The van der Waals surface area contributed by atoms with E-state index in [4.69, 9.17) is 0 Å². The molecule has 0 spiro atoms. The van der Waals surface area contributed by atoms with E-state index >= 15 is 0 Å².